The Bertz CT molecular complexity index is 609. The van der Waals surface area contributed by atoms with Gasteiger partial charge in [0.25, 0.3) is 0 Å². The second kappa shape index (κ2) is 6.36. The number of hydrogen-bond donors (Lipinski definition) is 0. The van der Waals surface area contributed by atoms with Crippen molar-refractivity contribution in [1.29, 1.82) is 5.26 Å². The van der Waals surface area contributed by atoms with Crippen molar-refractivity contribution in [1.82, 2.24) is 0 Å². The third-order valence-corrected chi connectivity index (χ3v) is 2.57. The Morgan fingerprint density at radius 1 is 1.11 bits per heavy atom. The first-order valence-electron chi connectivity index (χ1n) is 5.91. The predicted octanol–water partition coefficient (Wildman–Crippen LogP) is 3.29. The molecule has 0 N–H and O–H groups in total. The van der Waals surface area contributed by atoms with Gasteiger partial charge in [-0.3, -0.25) is 0 Å². The normalized spacial score (nSPS) is 10.3. The van der Waals surface area contributed by atoms with Crippen molar-refractivity contribution in [2.75, 3.05) is 0 Å². The second-order valence-electron chi connectivity index (χ2n) is 4.15. The third-order valence-electron chi connectivity index (χ3n) is 2.57. The molecule has 0 fully saturated rings. The Hall–Kier alpha value is -2.60. The molecule has 0 bridgehead atoms. The Morgan fingerprint density at radius 3 is 2.53 bits per heavy atom. The van der Waals surface area contributed by atoms with E-state index in [1.165, 1.54) is 5.56 Å². The van der Waals surface area contributed by atoms with E-state index in [0.717, 1.165) is 11.1 Å². The van der Waals surface area contributed by atoms with Crippen molar-refractivity contribution in [3.8, 4) is 6.07 Å². The summed E-state index contributed by atoms with van der Waals surface area (Å²) >= 11 is 0. The zero-order valence-electron chi connectivity index (χ0n) is 10.6. The van der Waals surface area contributed by atoms with Crippen LogP contribution in [0.3, 0.4) is 0 Å². The Morgan fingerprint density at radius 2 is 1.84 bits per heavy atom. The van der Waals surface area contributed by atoms with Gasteiger partial charge >= 0.3 is 0 Å². The quantitative estimate of drug-likeness (QED) is 0.616. The summed E-state index contributed by atoms with van der Waals surface area (Å²) in [7, 11) is 0. The lowest BCUT2D eigenvalue weighted by atomic mass is 10.1. The first-order valence-corrected chi connectivity index (χ1v) is 5.91. The first kappa shape index (κ1) is 12.8. The molecule has 0 aliphatic carbocycles. The fourth-order valence-corrected chi connectivity index (χ4v) is 1.61. The molecule has 3 heteroatoms. The minimum Gasteiger partial charge on any atom is -0.390 e. The van der Waals surface area contributed by atoms with Crippen molar-refractivity contribution < 1.29 is 4.84 Å². The maximum atomic E-state index is 8.67. The summed E-state index contributed by atoms with van der Waals surface area (Å²) in [5.41, 5.74) is 3.67. The molecule has 0 aromatic heterocycles. The molecule has 2 aromatic carbocycles. The van der Waals surface area contributed by atoms with Crippen molar-refractivity contribution >= 4 is 6.21 Å². The number of nitrogens with zero attached hydrogens (tertiary/aromatic N) is 2. The van der Waals surface area contributed by atoms with E-state index in [9.17, 15) is 0 Å². The van der Waals surface area contributed by atoms with Crippen molar-refractivity contribution in [3.05, 3.63) is 70.8 Å². The van der Waals surface area contributed by atoms with E-state index >= 15 is 0 Å². The molecule has 0 unspecified atom stereocenters. The average molecular weight is 249 g/mol. The van der Waals surface area contributed by atoms with Gasteiger partial charge in [0.05, 0.1) is 11.6 Å². The van der Waals surface area contributed by atoms with Crippen LogP contribution >= 0.6 is 0 Å². The van der Waals surface area contributed by atoms with Gasteiger partial charge in [-0.05, 0) is 24.6 Å². The summed E-state index contributed by atoms with van der Waals surface area (Å²) in [5.74, 6) is 0. The Kier molecular flexibility index (Phi) is 4.30. The second-order valence-corrected chi connectivity index (χ2v) is 4.15. The van der Waals surface area contributed by atoms with Crippen LogP contribution in [0, 0.1) is 18.3 Å². The predicted molar refractivity (Wildman–Crippen MR) is 73.7 cm³/mol. The fourth-order valence-electron chi connectivity index (χ4n) is 1.61. The van der Waals surface area contributed by atoms with Gasteiger partial charge in [-0.25, -0.2) is 0 Å². The third kappa shape index (κ3) is 3.97. The number of aryl methyl sites for hydroxylation is 1. The average Bonchev–Trinajstić information content (AvgIpc) is 2.44. The number of hydrogen-bond acceptors (Lipinski definition) is 3. The highest BCUT2D eigenvalue weighted by atomic mass is 16.6. The summed E-state index contributed by atoms with van der Waals surface area (Å²) < 4.78 is 0. The van der Waals surface area contributed by atoms with Crippen LogP contribution in [0.1, 0.15) is 22.3 Å². The molecule has 0 aliphatic rings. The molecule has 3 nitrogen and oxygen atoms in total. The molecule has 2 rings (SSSR count). The fraction of sp³-hybridized carbons (Fsp3) is 0.125. The molecule has 19 heavy (non-hydrogen) atoms. The summed E-state index contributed by atoms with van der Waals surface area (Å²) in [5, 5.41) is 12.5. The summed E-state index contributed by atoms with van der Waals surface area (Å²) in [6.07, 6.45) is 2.77. The largest absolute Gasteiger partial charge is 0.390 e. The van der Waals surface area contributed by atoms with Crippen LogP contribution in [-0.4, -0.2) is 6.21 Å². The maximum absolute atomic E-state index is 8.67. The van der Waals surface area contributed by atoms with Crippen LogP contribution in [0.2, 0.25) is 0 Å². The van der Waals surface area contributed by atoms with Gasteiger partial charge < -0.3 is 4.84 Å². The minimum atomic E-state index is 0.422. The van der Waals surface area contributed by atoms with E-state index < -0.39 is 0 Å². The first-order chi connectivity index (χ1) is 9.28. The van der Waals surface area contributed by atoms with Crippen molar-refractivity contribution in [2.45, 2.75) is 13.5 Å². The molecule has 93 valence electrons. The molecule has 0 atom stereocenters. The van der Waals surface area contributed by atoms with Crippen LogP contribution < -0.4 is 0 Å². The van der Waals surface area contributed by atoms with Gasteiger partial charge in [0.1, 0.15) is 12.8 Å². The molecule has 0 heterocycles. The minimum absolute atomic E-state index is 0.422. The smallest absolute Gasteiger partial charge is 0.142 e. The summed E-state index contributed by atoms with van der Waals surface area (Å²) in [6, 6.07) is 17.1. The number of benzene rings is 2. The highest BCUT2D eigenvalue weighted by molar-refractivity contribution is 5.79. The standard InChI is InChI=1S/C16H13N2O/c1-13-3-2-4-16(9-13)12-19-18-11-15-7-5-14(10-17)6-8-15/h2-9H,12H2,1H3. The van der Waals surface area contributed by atoms with Crippen LogP contribution in [-0.2, 0) is 11.4 Å². The van der Waals surface area contributed by atoms with E-state index in [2.05, 4.69) is 23.5 Å². The van der Waals surface area contributed by atoms with E-state index in [1.807, 2.05) is 25.1 Å². The molecule has 2 aromatic rings. The summed E-state index contributed by atoms with van der Waals surface area (Å²) in [4.78, 5) is 5.18. The Balaban J connectivity index is 1.88. The molecule has 0 amide bonds. The monoisotopic (exact) mass is 249 g/mol. The molecule has 1 radical (unpaired) electrons. The Labute approximate surface area is 112 Å². The topological polar surface area (TPSA) is 45.4 Å². The van der Waals surface area contributed by atoms with Gasteiger partial charge in [0.2, 0.25) is 0 Å². The van der Waals surface area contributed by atoms with E-state index in [4.69, 9.17) is 10.1 Å². The lowest BCUT2D eigenvalue weighted by Gasteiger charge is -2.00. The highest BCUT2D eigenvalue weighted by Crippen LogP contribution is 2.06. The SMILES string of the molecule is Cc1cccc(CO/N=[C]\c2ccc(C#N)cc2)c1. The zero-order chi connectivity index (χ0) is 13.5. The summed E-state index contributed by atoms with van der Waals surface area (Å²) in [6.45, 7) is 2.46. The molecular formula is C16H13N2O. The molecular weight excluding hydrogens is 236 g/mol. The van der Waals surface area contributed by atoms with Gasteiger partial charge in [-0.1, -0.05) is 47.1 Å². The van der Waals surface area contributed by atoms with Gasteiger partial charge in [-0.2, -0.15) is 5.26 Å². The van der Waals surface area contributed by atoms with E-state index in [1.54, 1.807) is 24.3 Å². The van der Waals surface area contributed by atoms with Crippen LogP contribution in [0.25, 0.3) is 0 Å². The lowest BCUT2D eigenvalue weighted by Crippen LogP contribution is -1.89. The number of nitriles is 1. The molecule has 0 aliphatic heterocycles. The molecule has 0 spiro atoms. The molecule has 0 saturated carbocycles. The molecule has 0 saturated heterocycles. The van der Waals surface area contributed by atoms with Crippen LogP contribution in [0.5, 0.6) is 0 Å². The lowest BCUT2D eigenvalue weighted by molar-refractivity contribution is 0.132. The number of rotatable bonds is 4. The highest BCUT2D eigenvalue weighted by Gasteiger charge is 1.94. The van der Waals surface area contributed by atoms with Crippen molar-refractivity contribution in [2.24, 2.45) is 5.16 Å². The zero-order valence-corrected chi connectivity index (χ0v) is 10.6. The van der Waals surface area contributed by atoms with Gasteiger partial charge in [-0.15, -0.1) is 0 Å². The van der Waals surface area contributed by atoms with Gasteiger partial charge in [0.15, 0.2) is 0 Å². The van der Waals surface area contributed by atoms with E-state index in [-0.39, 0.29) is 0 Å². The van der Waals surface area contributed by atoms with Gasteiger partial charge in [0, 0.05) is 5.56 Å². The van der Waals surface area contributed by atoms with Crippen LogP contribution in [0.4, 0.5) is 0 Å². The van der Waals surface area contributed by atoms with Crippen molar-refractivity contribution in [3.63, 3.8) is 0 Å². The maximum Gasteiger partial charge on any atom is 0.142 e. The van der Waals surface area contributed by atoms with E-state index in [0.29, 0.717) is 12.2 Å². The van der Waals surface area contributed by atoms with Crippen LogP contribution in [0.15, 0.2) is 53.7 Å².